The third kappa shape index (κ3) is 6.08. The van der Waals surface area contributed by atoms with Crippen LogP contribution in [-0.2, 0) is 18.0 Å². The summed E-state index contributed by atoms with van der Waals surface area (Å²) in [5.41, 5.74) is 4.38. The molecule has 1 saturated carbocycles. The Hall–Kier alpha value is -2.77. The molecule has 1 aliphatic rings. The number of aliphatic hydroxyl groups is 1. The normalized spacial score (nSPS) is 14.9. The number of alkyl halides is 3. The van der Waals surface area contributed by atoms with Crippen LogP contribution in [0.4, 0.5) is 22.0 Å². The first-order valence-corrected chi connectivity index (χ1v) is 11.7. The van der Waals surface area contributed by atoms with Crippen molar-refractivity contribution < 1.29 is 31.8 Å². The number of rotatable bonds is 7. The Labute approximate surface area is 201 Å². The van der Waals surface area contributed by atoms with Gasteiger partial charge in [0.1, 0.15) is 18.2 Å². The molecule has 0 spiro atoms. The van der Waals surface area contributed by atoms with Gasteiger partial charge in [-0.3, -0.25) is 0 Å². The first kappa shape index (κ1) is 25.3. The minimum Gasteiger partial charge on any atom is -0.392 e. The van der Waals surface area contributed by atoms with Crippen LogP contribution in [0.2, 0.25) is 0 Å². The smallest absolute Gasteiger partial charge is 0.392 e. The van der Waals surface area contributed by atoms with Crippen molar-refractivity contribution in [3.05, 3.63) is 82.9 Å². The minimum absolute atomic E-state index is 0.111. The molecule has 35 heavy (non-hydrogen) atoms. The lowest BCUT2D eigenvalue weighted by Crippen LogP contribution is -2.18. The van der Waals surface area contributed by atoms with Crippen molar-refractivity contribution in [1.29, 1.82) is 0 Å². The second-order valence-corrected chi connectivity index (χ2v) is 8.96. The molecule has 0 aromatic heterocycles. The Morgan fingerprint density at radius 2 is 1.37 bits per heavy atom. The Morgan fingerprint density at radius 3 is 1.91 bits per heavy atom. The fraction of sp³-hybridized carbons (Fsp3) is 0.357. The van der Waals surface area contributed by atoms with Gasteiger partial charge in [0.15, 0.2) is 0 Å². The maximum atomic E-state index is 13.7. The quantitative estimate of drug-likeness (QED) is 0.341. The molecule has 3 aromatic rings. The van der Waals surface area contributed by atoms with E-state index >= 15 is 0 Å². The van der Waals surface area contributed by atoms with Crippen molar-refractivity contribution >= 4 is 0 Å². The molecular weight excluding hydrogens is 463 g/mol. The monoisotopic (exact) mass is 490 g/mol. The maximum absolute atomic E-state index is 13.7. The van der Waals surface area contributed by atoms with Crippen LogP contribution < -0.4 is 0 Å². The zero-order valence-electron chi connectivity index (χ0n) is 19.2. The zero-order valence-corrected chi connectivity index (χ0v) is 19.2. The molecule has 0 heterocycles. The van der Waals surface area contributed by atoms with E-state index in [0.29, 0.717) is 33.4 Å². The van der Waals surface area contributed by atoms with E-state index in [1.165, 1.54) is 24.3 Å². The van der Waals surface area contributed by atoms with Gasteiger partial charge >= 0.3 is 6.18 Å². The molecule has 0 radical (unpaired) electrons. The highest BCUT2D eigenvalue weighted by Gasteiger charge is 2.30. The van der Waals surface area contributed by atoms with Crippen molar-refractivity contribution in [2.24, 2.45) is 0 Å². The van der Waals surface area contributed by atoms with Crippen LogP contribution in [0.25, 0.3) is 22.3 Å². The average Bonchev–Trinajstić information content (AvgIpc) is 2.84. The van der Waals surface area contributed by atoms with Gasteiger partial charge in [-0.25, -0.2) is 8.78 Å². The highest BCUT2D eigenvalue weighted by atomic mass is 19.4. The van der Waals surface area contributed by atoms with Crippen molar-refractivity contribution in [1.82, 2.24) is 0 Å². The molecule has 0 atom stereocenters. The van der Waals surface area contributed by atoms with Crippen LogP contribution in [0.1, 0.15) is 54.7 Å². The summed E-state index contributed by atoms with van der Waals surface area (Å²) in [6, 6.07) is 13.5. The number of hydrogen-bond acceptors (Lipinski definition) is 2. The van der Waals surface area contributed by atoms with Crippen LogP contribution in [0.5, 0.6) is 0 Å². The Bertz CT molecular complexity index is 1130. The number of ether oxygens (including phenoxy) is 1. The molecular formula is C28H27F5O2. The Kier molecular flexibility index (Phi) is 7.87. The van der Waals surface area contributed by atoms with Crippen LogP contribution in [0.15, 0.2) is 54.6 Å². The van der Waals surface area contributed by atoms with Crippen LogP contribution in [0, 0.1) is 11.6 Å². The molecule has 7 heteroatoms. The molecule has 0 amide bonds. The maximum Gasteiger partial charge on any atom is 0.411 e. The molecule has 186 valence electrons. The van der Waals surface area contributed by atoms with Crippen molar-refractivity contribution in [2.75, 3.05) is 6.61 Å². The highest BCUT2D eigenvalue weighted by molar-refractivity contribution is 5.82. The second kappa shape index (κ2) is 10.9. The summed E-state index contributed by atoms with van der Waals surface area (Å²) in [6.45, 7) is -2.10. The molecule has 1 aliphatic carbocycles. The first-order chi connectivity index (χ1) is 16.8. The summed E-state index contributed by atoms with van der Waals surface area (Å²) >= 11 is 0. The van der Waals surface area contributed by atoms with Crippen molar-refractivity contribution in [3.63, 3.8) is 0 Å². The molecule has 0 unspecified atom stereocenters. The summed E-state index contributed by atoms with van der Waals surface area (Å²) in [5.74, 6) is -0.738. The summed E-state index contributed by atoms with van der Waals surface area (Å²) < 4.78 is 71.2. The van der Waals surface area contributed by atoms with Crippen molar-refractivity contribution in [2.45, 2.75) is 57.4 Å². The van der Waals surface area contributed by atoms with E-state index in [1.807, 2.05) is 6.07 Å². The summed E-state index contributed by atoms with van der Waals surface area (Å²) in [6.07, 6.45) is 0.405. The van der Waals surface area contributed by atoms with Gasteiger partial charge in [-0.2, -0.15) is 13.2 Å². The largest absolute Gasteiger partial charge is 0.411 e. The standard InChI is InChI=1S/C28H27F5O2/c29-21-10-6-19(7-11-21)23-14-24(18-4-2-1-3-5-18)26(16-35-17-28(31,32)33)27(25(23)15-34)20-8-12-22(30)13-9-20/h6-14,18,34H,1-5,15-17H2. The Balaban J connectivity index is 1.96. The highest BCUT2D eigenvalue weighted by Crippen LogP contribution is 2.44. The fourth-order valence-corrected chi connectivity index (χ4v) is 5.01. The van der Waals surface area contributed by atoms with Crippen molar-refractivity contribution in [3.8, 4) is 22.3 Å². The molecule has 1 fully saturated rings. The van der Waals surface area contributed by atoms with Gasteiger partial charge in [0.25, 0.3) is 0 Å². The molecule has 1 N–H and O–H groups in total. The van der Waals surface area contributed by atoms with E-state index in [2.05, 4.69) is 0 Å². The lowest BCUT2D eigenvalue weighted by Gasteiger charge is -2.29. The number of hydrogen-bond donors (Lipinski definition) is 1. The average molecular weight is 491 g/mol. The Morgan fingerprint density at radius 1 is 0.800 bits per heavy atom. The van der Waals surface area contributed by atoms with E-state index in [9.17, 15) is 27.1 Å². The first-order valence-electron chi connectivity index (χ1n) is 11.7. The topological polar surface area (TPSA) is 29.5 Å². The van der Waals surface area contributed by atoms with Gasteiger partial charge in [-0.1, -0.05) is 49.6 Å². The van der Waals surface area contributed by atoms with Crippen LogP contribution >= 0.6 is 0 Å². The summed E-state index contributed by atoms with van der Waals surface area (Å²) in [7, 11) is 0. The van der Waals surface area contributed by atoms with Gasteiger partial charge in [-0.15, -0.1) is 0 Å². The van der Waals surface area contributed by atoms with E-state index in [0.717, 1.165) is 37.7 Å². The van der Waals surface area contributed by atoms with Gasteiger partial charge in [-0.05, 0) is 82.0 Å². The van der Waals surface area contributed by atoms with Crippen LogP contribution in [0.3, 0.4) is 0 Å². The van der Waals surface area contributed by atoms with Gasteiger partial charge in [0, 0.05) is 0 Å². The lowest BCUT2D eigenvalue weighted by molar-refractivity contribution is -0.176. The minimum atomic E-state index is -4.48. The van der Waals surface area contributed by atoms with E-state index < -0.39 is 31.0 Å². The molecule has 3 aromatic carbocycles. The van der Waals surface area contributed by atoms with E-state index in [-0.39, 0.29) is 12.5 Å². The number of aliphatic hydroxyl groups excluding tert-OH is 1. The second-order valence-electron chi connectivity index (χ2n) is 8.96. The van der Waals surface area contributed by atoms with Gasteiger partial charge < -0.3 is 9.84 Å². The summed E-state index contributed by atoms with van der Waals surface area (Å²) in [5, 5.41) is 10.4. The predicted octanol–water partition coefficient (Wildman–Crippen LogP) is 7.92. The predicted molar refractivity (Wildman–Crippen MR) is 125 cm³/mol. The zero-order chi connectivity index (χ0) is 25.0. The molecule has 0 saturated heterocycles. The number of benzene rings is 3. The van der Waals surface area contributed by atoms with E-state index in [1.54, 1.807) is 24.3 Å². The van der Waals surface area contributed by atoms with Gasteiger partial charge in [0.2, 0.25) is 0 Å². The molecule has 4 rings (SSSR count). The lowest BCUT2D eigenvalue weighted by atomic mass is 9.77. The molecule has 2 nitrogen and oxygen atoms in total. The third-order valence-corrected chi connectivity index (χ3v) is 6.58. The van der Waals surface area contributed by atoms with Gasteiger partial charge in [0.05, 0.1) is 13.2 Å². The van der Waals surface area contributed by atoms with Crippen LogP contribution in [-0.4, -0.2) is 17.9 Å². The number of halogens is 5. The molecule has 0 bridgehead atoms. The summed E-state index contributed by atoms with van der Waals surface area (Å²) in [4.78, 5) is 0. The third-order valence-electron chi connectivity index (χ3n) is 6.58. The fourth-order valence-electron chi connectivity index (χ4n) is 5.01. The molecule has 0 aliphatic heterocycles. The van der Waals surface area contributed by atoms with E-state index in [4.69, 9.17) is 4.74 Å². The SMILES string of the molecule is OCc1c(-c2ccc(F)cc2)cc(C2CCCCC2)c(COCC(F)(F)F)c1-c1ccc(F)cc1.